The van der Waals surface area contributed by atoms with Gasteiger partial charge in [-0.15, -0.1) is 0 Å². The summed E-state index contributed by atoms with van der Waals surface area (Å²) in [7, 11) is 0. The molecule has 2 aromatic rings. The van der Waals surface area contributed by atoms with Gasteiger partial charge in [0.15, 0.2) is 0 Å². The molecule has 94 valence electrons. The zero-order valence-corrected chi connectivity index (χ0v) is 12.2. The highest BCUT2D eigenvalue weighted by atomic mass is 14.0. The molecule has 0 aromatic heterocycles. The predicted molar refractivity (Wildman–Crippen MR) is 80.8 cm³/mol. The van der Waals surface area contributed by atoms with E-state index in [0.29, 0.717) is 0 Å². The highest BCUT2D eigenvalue weighted by molar-refractivity contribution is 5.83. The fourth-order valence-corrected chi connectivity index (χ4v) is 1.78. The number of aryl methyl sites for hydroxylation is 2. The molecule has 0 amide bonds. The third-order valence-corrected chi connectivity index (χ3v) is 2.59. The van der Waals surface area contributed by atoms with Gasteiger partial charge in [0.1, 0.15) is 0 Å². The average Bonchev–Trinajstić information content (AvgIpc) is 2.42. The zero-order valence-electron chi connectivity index (χ0n) is 12.2. The van der Waals surface area contributed by atoms with Crippen molar-refractivity contribution in [3.63, 3.8) is 0 Å². The molecule has 17 heavy (non-hydrogen) atoms. The topological polar surface area (TPSA) is 0 Å². The molecule has 0 aliphatic rings. The van der Waals surface area contributed by atoms with Crippen molar-refractivity contribution in [1.29, 1.82) is 0 Å². The smallest absolute Gasteiger partial charge is 0.0181 e. The Labute approximate surface area is 107 Å². The zero-order chi connectivity index (χ0) is 13.3. The Hall–Kier alpha value is -1.30. The van der Waals surface area contributed by atoms with Gasteiger partial charge in [-0.2, -0.15) is 0 Å². The minimum Gasteiger partial charge on any atom is -0.0683 e. The summed E-state index contributed by atoms with van der Waals surface area (Å²) in [5, 5.41) is 2.70. The molecular weight excluding hydrogens is 204 g/mol. The second-order valence-electron chi connectivity index (χ2n) is 3.48. The summed E-state index contributed by atoms with van der Waals surface area (Å²) in [5.41, 5.74) is 2.86. The highest BCUT2D eigenvalue weighted by Crippen LogP contribution is 2.19. The Morgan fingerprint density at radius 3 is 1.76 bits per heavy atom. The van der Waals surface area contributed by atoms with E-state index in [0.717, 1.165) is 6.42 Å². The monoisotopic (exact) mass is 230 g/mol. The molecule has 0 aliphatic heterocycles. The Bertz CT molecular complexity index is 427. The maximum absolute atomic E-state index is 2.30. The van der Waals surface area contributed by atoms with Crippen LogP contribution in [0.25, 0.3) is 10.8 Å². The number of fused-ring (bicyclic) bond motifs is 1. The average molecular weight is 230 g/mol. The summed E-state index contributed by atoms with van der Waals surface area (Å²) in [4.78, 5) is 0. The van der Waals surface area contributed by atoms with E-state index in [4.69, 9.17) is 0 Å². The van der Waals surface area contributed by atoms with Crippen LogP contribution in [0.3, 0.4) is 0 Å². The van der Waals surface area contributed by atoms with Gasteiger partial charge in [-0.3, -0.25) is 0 Å². The van der Waals surface area contributed by atoms with Crippen molar-refractivity contribution in [3.05, 3.63) is 47.5 Å². The molecule has 0 atom stereocenters. The van der Waals surface area contributed by atoms with Gasteiger partial charge in [-0.05, 0) is 35.2 Å². The van der Waals surface area contributed by atoms with E-state index < -0.39 is 0 Å². The molecule has 0 saturated carbocycles. The van der Waals surface area contributed by atoms with Crippen LogP contribution in [0, 0.1) is 6.92 Å². The van der Waals surface area contributed by atoms with Crippen LogP contribution in [-0.4, -0.2) is 0 Å². The van der Waals surface area contributed by atoms with Crippen molar-refractivity contribution in [2.24, 2.45) is 0 Å². The van der Waals surface area contributed by atoms with Crippen molar-refractivity contribution >= 4 is 10.8 Å². The minimum absolute atomic E-state index is 1.12. The lowest BCUT2D eigenvalue weighted by molar-refractivity contribution is 1.12. The van der Waals surface area contributed by atoms with Crippen LogP contribution in [0.1, 0.15) is 45.7 Å². The highest BCUT2D eigenvalue weighted by Gasteiger charge is 1.98. The van der Waals surface area contributed by atoms with Gasteiger partial charge in [-0.1, -0.05) is 71.0 Å². The first-order valence-electron chi connectivity index (χ1n) is 6.79. The molecule has 0 fully saturated rings. The molecule has 2 aromatic carbocycles. The summed E-state index contributed by atoms with van der Waals surface area (Å²) >= 11 is 0. The summed E-state index contributed by atoms with van der Waals surface area (Å²) in [6.07, 6.45) is 1.12. The molecule has 0 radical (unpaired) electrons. The van der Waals surface area contributed by atoms with Crippen molar-refractivity contribution < 1.29 is 0 Å². The van der Waals surface area contributed by atoms with Crippen LogP contribution in [0.15, 0.2) is 36.4 Å². The van der Waals surface area contributed by atoms with E-state index in [9.17, 15) is 0 Å². The minimum atomic E-state index is 1.12. The third kappa shape index (κ3) is 4.22. The maximum Gasteiger partial charge on any atom is -0.0181 e. The lowest BCUT2D eigenvalue weighted by Gasteiger charge is -2.05. The summed E-state index contributed by atoms with van der Waals surface area (Å²) in [5.74, 6) is 0. The number of rotatable bonds is 1. The van der Waals surface area contributed by atoms with Gasteiger partial charge >= 0.3 is 0 Å². The second kappa shape index (κ2) is 8.81. The standard InChI is InChI=1S/C13H14.2C2H6/c1-3-11-9-13-7-5-4-6-12(13)8-10(11)2;2*1-2/h4-9H,3H2,1-2H3;2*1-2H3. The first-order valence-corrected chi connectivity index (χ1v) is 6.79. The summed E-state index contributed by atoms with van der Waals surface area (Å²) < 4.78 is 0. The molecule has 0 N–H and O–H groups in total. The number of hydrogen-bond donors (Lipinski definition) is 0. The summed E-state index contributed by atoms with van der Waals surface area (Å²) in [6, 6.07) is 13.1. The SMILES string of the molecule is CC.CC.CCc1cc2ccccc2cc1C. The maximum atomic E-state index is 2.30. The molecule has 0 unspecified atom stereocenters. The van der Waals surface area contributed by atoms with Crippen LogP contribution in [0.2, 0.25) is 0 Å². The van der Waals surface area contributed by atoms with Crippen LogP contribution < -0.4 is 0 Å². The van der Waals surface area contributed by atoms with E-state index in [2.05, 4.69) is 50.2 Å². The van der Waals surface area contributed by atoms with Crippen molar-refractivity contribution in [3.8, 4) is 0 Å². The largest absolute Gasteiger partial charge is 0.0683 e. The Balaban J connectivity index is 0.000000581. The van der Waals surface area contributed by atoms with Crippen LogP contribution in [0.4, 0.5) is 0 Å². The van der Waals surface area contributed by atoms with Crippen molar-refractivity contribution in [2.75, 3.05) is 0 Å². The van der Waals surface area contributed by atoms with Crippen molar-refractivity contribution in [2.45, 2.75) is 48.0 Å². The second-order valence-corrected chi connectivity index (χ2v) is 3.48. The van der Waals surface area contributed by atoms with Crippen LogP contribution in [0.5, 0.6) is 0 Å². The van der Waals surface area contributed by atoms with E-state index in [1.54, 1.807) is 0 Å². The molecule has 0 heteroatoms. The molecular formula is C17H26. The normalized spacial score (nSPS) is 8.82. The van der Waals surface area contributed by atoms with Gasteiger partial charge in [0, 0.05) is 0 Å². The lowest BCUT2D eigenvalue weighted by atomic mass is 10.0. The van der Waals surface area contributed by atoms with E-state index >= 15 is 0 Å². The Morgan fingerprint density at radius 2 is 1.29 bits per heavy atom. The third-order valence-electron chi connectivity index (χ3n) is 2.59. The van der Waals surface area contributed by atoms with Gasteiger partial charge in [-0.25, -0.2) is 0 Å². The van der Waals surface area contributed by atoms with Gasteiger partial charge in [0.05, 0.1) is 0 Å². The van der Waals surface area contributed by atoms with E-state index in [1.807, 2.05) is 27.7 Å². The van der Waals surface area contributed by atoms with Gasteiger partial charge in [0.2, 0.25) is 0 Å². The first kappa shape index (κ1) is 15.7. The molecule has 0 nitrogen and oxygen atoms in total. The number of benzene rings is 2. The first-order chi connectivity index (χ1) is 8.31. The quantitative estimate of drug-likeness (QED) is 0.584. The molecule has 2 rings (SSSR count). The molecule has 0 saturated heterocycles. The number of hydrogen-bond acceptors (Lipinski definition) is 0. The van der Waals surface area contributed by atoms with Crippen molar-refractivity contribution in [1.82, 2.24) is 0 Å². The molecule has 0 bridgehead atoms. The Kier molecular flexibility index (Phi) is 8.13. The fraction of sp³-hybridized carbons (Fsp3) is 0.412. The fourth-order valence-electron chi connectivity index (χ4n) is 1.78. The lowest BCUT2D eigenvalue weighted by Crippen LogP contribution is -1.86. The van der Waals surface area contributed by atoms with Gasteiger partial charge in [0.25, 0.3) is 0 Å². The van der Waals surface area contributed by atoms with Crippen LogP contribution >= 0.6 is 0 Å². The Morgan fingerprint density at radius 1 is 0.824 bits per heavy atom. The molecule has 0 spiro atoms. The summed E-state index contributed by atoms with van der Waals surface area (Å²) in [6.45, 7) is 12.4. The van der Waals surface area contributed by atoms with Gasteiger partial charge < -0.3 is 0 Å². The predicted octanol–water partition coefficient (Wildman–Crippen LogP) is 5.76. The van der Waals surface area contributed by atoms with E-state index in [1.165, 1.54) is 21.9 Å². The van der Waals surface area contributed by atoms with Crippen LogP contribution in [-0.2, 0) is 6.42 Å². The van der Waals surface area contributed by atoms with E-state index in [-0.39, 0.29) is 0 Å². The molecule has 0 aliphatic carbocycles. The molecule has 0 heterocycles.